The minimum atomic E-state index is 0.391. The molecule has 0 bridgehead atoms. The summed E-state index contributed by atoms with van der Waals surface area (Å²) in [7, 11) is 0. The van der Waals surface area contributed by atoms with Crippen LogP contribution in [0.5, 0.6) is 0 Å². The van der Waals surface area contributed by atoms with Crippen LogP contribution in [0, 0.1) is 5.41 Å². The highest BCUT2D eigenvalue weighted by Crippen LogP contribution is 2.33. The standard InChI is InChI=1S/C17H34N2/c1-5-9-14-13-19(15-10-7-6-8-11-15)16(12-18-14)17(2,3)4/h14-16,18H,5-13H2,1-4H3. The number of hydrogen-bond acceptors (Lipinski definition) is 2. The molecule has 1 heterocycles. The molecule has 1 N–H and O–H groups in total. The van der Waals surface area contributed by atoms with Crippen LogP contribution in [-0.2, 0) is 0 Å². The Hall–Kier alpha value is -0.0800. The van der Waals surface area contributed by atoms with Gasteiger partial charge in [-0.3, -0.25) is 4.90 Å². The summed E-state index contributed by atoms with van der Waals surface area (Å²) in [6, 6.07) is 2.30. The molecular formula is C17H34N2. The summed E-state index contributed by atoms with van der Waals surface area (Å²) in [5.41, 5.74) is 0.391. The molecule has 0 spiro atoms. The lowest BCUT2D eigenvalue weighted by Crippen LogP contribution is -2.63. The second-order valence-electron chi connectivity index (χ2n) is 7.76. The Labute approximate surface area is 120 Å². The quantitative estimate of drug-likeness (QED) is 0.835. The average Bonchev–Trinajstić information content (AvgIpc) is 2.39. The van der Waals surface area contributed by atoms with Gasteiger partial charge in [0, 0.05) is 31.2 Å². The van der Waals surface area contributed by atoms with Crippen molar-refractivity contribution in [1.29, 1.82) is 0 Å². The van der Waals surface area contributed by atoms with Gasteiger partial charge < -0.3 is 5.32 Å². The fourth-order valence-corrected chi connectivity index (χ4v) is 4.00. The molecular weight excluding hydrogens is 232 g/mol. The molecule has 2 heteroatoms. The molecule has 1 aliphatic carbocycles. The van der Waals surface area contributed by atoms with Gasteiger partial charge in [0.05, 0.1) is 0 Å². The molecule has 0 radical (unpaired) electrons. The summed E-state index contributed by atoms with van der Waals surface area (Å²) in [4.78, 5) is 2.88. The molecule has 2 aliphatic rings. The Morgan fingerprint density at radius 3 is 2.37 bits per heavy atom. The van der Waals surface area contributed by atoms with Crippen LogP contribution in [-0.4, -0.2) is 36.1 Å². The van der Waals surface area contributed by atoms with E-state index >= 15 is 0 Å². The first-order valence-corrected chi connectivity index (χ1v) is 8.51. The Morgan fingerprint density at radius 2 is 1.79 bits per heavy atom. The van der Waals surface area contributed by atoms with Crippen molar-refractivity contribution in [3.05, 3.63) is 0 Å². The first kappa shape index (κ1) is 15.3. The zero-order valence-electron chi connectivity index (χ0n) is 13.5. The Kier molecular flexibility index (Phi) is 5.30. The number of nitrogens with zero attached hydrogens (tertiary/aromatic N) is 1. The Morgan fingerprint density at radius 1 is 1.11 bits per heavy atom. The van der Waals surface area contributed by atoms with Gasteiger partial charge in [0.15, 0.2) is 0 Å². The van der Waals surface area contributed by atoms with Crippen molar-refractivity contribution in [2.45, 2.75) is 90.8 Å². The molecule has 2 atom stereocenters. The number of rotatable bonds is 3. The van der Waals surface area contributed by atoms with Crippen molar-refractivity contribution < 1.29 is 0 Å². The third-order valence-corrected chi connectivity index (χ3v) is 5.11. The van der Waals surface area contributed by atoms with Crippen molar-refractivity contribution in [3.63, 3.8) is 0 Å². The van der Waals surface area contributed by atoms with Gasteiger partial charge >= 0.3 is 0 Å². The van der Waals surface area contributed by atoms with Gasteiger partial charge in [-0.2, -0.15) is 0 Å². The molecule has 2 nitrogen and oxygen atoms in total. The minimum Gasteiger partial charge on any atom is -0.311 e. The molecule has 0 amide bonds. The van der Waals surface area contributed by atoms with E-state index in [4.69, 9.17) is 0 Å². The van der Waals surface area contributed by atoms with Gasteiger partial charge in [0.25, 0.3) is 0 Å². The van der Waals surface area contributed by atoms with Gasteiger partial charge in [-0.1, -0.05) is 53.4 Å². The maximum atomic E-state index is 3.80. The summed E-state index contributed by atoms with van der Waals surface area (Å²) >= 11 is 0. The highest BCUT2D eigenvalue weighted by Gasteiger charge is 2.38. The van der Waals surface area contributed by atoms with Crippen LogP contribution in [0.3, 0.4) is 0 Å². The fourth-order valence-electron chi connectivity index (χ4n) is 4.00. The number of hydrogen-bond donors (Lipinski definition) is 1. The molecule has 1 saturated carbocycles. The summed E-state index contributed by atoms with van der Waals surface area (Å²) in [5.74, 6) is 0. The Balaban J connectivity index is 2.05. The van der Waals surface area contributed by atoms with E-state index in [0.717, 1.165) is 12.1 Å². The lowest BCUT2D eigenvalue weighted by Gasteiger charge is -2.50. The number of nitrogens with one attached hydrogen (secondary N) is 1. The maximum absolute atomic E-state index is 3.80. The molecule has 2 rings (SSSR count). The zero-order chi connectivity index (χ0) is 13.9. The first-order valence-electron chi connectivity index (χ1n) is 8.51. The van der Waals surface area contributed by atoms with E-state index in [2.05, 4.69) is 37.9 Å². The van der Waals surface area contributed by atoms with Crippen LogP contribution in [0.25, 0.3) is 0 Å². The lowest BCUT2D eigenvalue weighted by atomic mass is 9.81. The van der Waals surface area contributed by atoms with Crippen molar-refractivity contribution in [2.24, 2.45) is 5.41 Å². The molecule has 1 saturated heterocycles. The second-order valence-corrected chi connectivity index (χ2v) is 7.76. The lowest BCUT2D eigenvalue weighted by molar-refractivity contribution is 0.00658. The molecule has 0 aromatic carbocycles. The molecule has 2 fully saturated rings. The van der Waals surface area contributed by atoms with E-state index < -0.39 is 0 Å². The second kappa shape index (κ2) is 6.58. The molecule has 2 unspecified atom stereocenters. The van der Waals surface area contributed by atoms with Crippen LogP contribution in [0.4, 0.5) is 0 Å². The largest absolute Gasteiger partial charge is 0.311 e. The summed E-state index contributed by atoms with van der Waals surface area (Å²) in [6.07, 6.45) is 9.86. The van der Waals surface area contributed by atoms with Gasteiger partial charge in [-0.25, -0.2) is 0 Å². The van der Waals surface area contributed by atoms with E-state index in [-0.39, 0.29) is 0 Å². The highest BCUT2D eigenvalue weighted by molar-refractivity contribution is 4.95. The van der Waals surface area contributed by atoms with Crippen LogP contribution < -0.4 is 5.32 Å². The van der Waals surface area contributed by atoms with E-state index in [0.29, 0.717) is 11.5 Å². The monoisotopic (exact) mass is 266 g/mol. The van der Waals surface area contributed by atoms with E-state index in [1.807, 2.05) is 0 Å². The van der Waals surface area contributed by atoms with Gasteiger partial charge in [-0.15, -0.1) is 0 Å². The SMILES string of the molecule is CCCC1CN(C2CCCCC2)C(C(C)(C)C)CN1. The maximum Gasteiger partial charge on any atom is 0.0272 e. The number of piperazine rings is 1. The summed E-state index contributed by atoms with van der Waals surface area (Å²) in [6.45, 7) is 12.0. The van der Waals surface area contributed by atoms with E-state index in [9.17, 15) is 0 Å². The fraction of sp³-hybridized carbons (Fsp3) is 1.00. The molecule has 0 aromatic rings. The van der Waals surface area contributed by atoms with Crippen LogP contribution in [0.2, 0.25) is 0 Å². The first-order chi connectivity index (χ1) is 9.02. The predicted molar refractivity (Wildman–Crippen MR) is 83.5 cm³/mol. The van der Waals surface area contributed by atoms with Crippen molar-refractivity contribution >= 4 is 0 Å². The predicted octanol–water partition coefficient (Wildman–Crippen LogP) is 3.81. The minimum absolute atomic E-state index is 0.391. The average molecular weight is 266 g/mol. The van der Waals surface area contributed by atoms with Crippen molar-refractivity contribution in [3.8, 4) is 0 Å². The molecule has 0 aromatic heterocycles. The van der Waals surface area contributed by atoms with Crippen LogP contribution in [0.1, 0.15) is 72.6 Å². The van der Waals surface area contributed by atoms with Crippen molar-refractivity contribution in [2.75, 3.05) is 13.1 Å². The van der Waals surface area contributed by atoms with Gasteiger partial charge in [0.1, 0.15) is 0 Å². The van der Waals surface area contributed by atoms with E-state index in [1.54, 1.807) is 0 Å². The molecule has 19 heavy (non-hydrogen) atoms. The van der Waals surface area contributed by atoms with Gasteiger partial charge in [-0.05, 0) is 24.7 Å². The molecule has 112 valence electrons. The topological polar surface area (TPSA) is 15.3 Å². The van der Waals surface area contributed by atoms with E-state index in [1.165, 1.54) is 58.0 Å². The Bertz CT molecular complexity index is 263. The van der Waals surface area contributed by atoms with Crippen molar-refractivity contribution in [1.82, 2.24) is 10.2 Å². The van der Waals surface area contributed by atoms with Gasteiger partial charge in [0.2, 0.25) is 0 Å². The third kappa shape index (κ3) is 3.95. The van der Waals surface area contributed by atoms with Crippen LogP contribution >= 0.6 is 0 Å². The highest BCUT2D eigenvalue weighted by atomic mass is 15.3. The van der Waals surface area contributed by atoms with Crippen LogP contribution in [0.15, 0.2) is 0 Å². The summed E-state index contributed by atoms with van der Waals surface area (Å²) < 4.78 is 0. The summed E-state index contributed by atoms with van der Waals surface area (Å²) in [5, 5.41) is 3.80. The zero-order valence-corrected chi connectivity index (χ0v) is 13.5. The normalized spacial score (nSPS) is 31.6. The third-order valence-electron chi connectivity index (χ3n) is 5.11. The molecule has 1 aliphatic heterocycles. The smallest absolute Gasteiger partial charge is 0.0272 e.